The van der Waals surface area contributed by atoms with Gasteiger partial charge in [0.15, 0.2) is 0 Å². The molecule has 1 unspecified atom stereocenters. The van der Waals surface area contributed by atoms with Crippen molar-refractivity contribution in [2.75, 3.05) is 13.1 Å². The number of rotatable bonds is 4. The first-order chi connectivity index (χ1) is 8.72. The normalized spacial score (nSPS) is 26.4. The van der Waals surface area contributed by atoms with Crippen molar-refractivity contribution in [1.82, 2.24) is 10.2 Å². The summed E-state index contributed by atoms with van der Waals surface area (Å²) in [7, 11) is 0. The van der Waals surface area contributed by atoms with Gasteiger partial charge in [0.25, 0.3) is 0 Å². The molecule has 1 saturated carbocycles. The van der Waals surface area contributed by atoms with Gasteiger partial charge in [0.2, 0.25) is 0 Å². The molecular formula is C15H21BrN2. The second-order valence-electron chi connectivity index (χ2n) is 5.66. The van der Waals surface area contributed by atoms with Gasteiger partial charge in [-0.3, -0.25) is 4.90 Å². The van der Waals surface area contributed by atoms with Gasteiger partial charge in [-0.2, -0.15) is 0 Å². The van der Waals surface area contributed by atoms with Gasteiger partial charge < -0.3 is 5.32 Å². The molecule has 1 aliphatic heterocycles. The highest BCUT2D eigenvalue weighted by molar-refractivity contribution is 9.10. The van der Waals surface area contributed by atoms with Gasteiger partial charge in [-0.15, -0.1) is 0 Å². The number of nitrogens with zero attached hydrogens (tertiary/aromatic N) is 1. The Morgan fingerprint density at radius 3 is 2.89 bits per heavy atom. The van der Waals surface area contributed by atoms with Crippen LogP contribution < -0.4 is 5.32 Å². The Morgan fingerprint density at radius 2 is 2.17 bits per heavy atom. The van der Waals surface area contributed by atoms with E-state index in [0.29, 0.717) is 12.1 Å². The molecule has 2 aliphatic rings. The van der Waals surface area contributed by atoms with E-state index in [0.717, 1.165) is 6.04 Å². The summed E-state index contributed by atoms with van der Waals surface area (Å²) in [6, 6.07) is 10.6. The third kappa shape index (κ3) is 2.95. The van der Waals surface area contributed by atoms with E-state index in [-0.39, 0.29) is 0 Å². The molecule has 1 saturated heterocycles. The van der Waals surface area contributed by atoms with Crippen LogP contribution in [0, 0.1) is 0 Å². The lowest BCUT2D eigenvalue weighted by Gasteiger charge is -2.21. The highest BCUT2D eigenvalue weighted by atomic mass is 79.9. The van der Waals surface area contributed by atoms with E-state index in [1.54, 1.807) is 0 Å². The van der Waals surface area contributed by atoms with Crippen LogP contribution in [0.4, 0.5) is 0 Å². The quantitative estimate of drug-likeness (QED) is 0.918. The summed E-state index contributed by atoms with van der Waals surface area (Å²) in [5.41, 5.74) is 1.37. The number of hydrogen-bond acceptors (Lipinski definition) is 2. The number of halogens is 1. The van der Waals surface area contributed by atoms with E-state index in [9.17, 15) is 0 Å². The topological polar surface area (TPSA) is 15.3 Å². The fourth-order valence-electron chi connectivity index (χ4n) is 2.92. The molecule has 1 aromatic carbocycles. The lowest BCUT2D eigenvalue weighted by Crippen LogP contribution is -2.34. The van der Waals surface area contributed by atoms with Crippen LogP contribution in [0.15, 0.2) is 28.7 Å². The molecule has 0 amide bonds. The van der Waals surface area contributed by atoms with Gasteiger partial charge in [-0.1, -0.05) is 28.1 Å². The second-order valence-corrected chi connectivity index (χ2v) is 6.57. The fourth-order valence-corrected chi connectivity index (χ4v) is 3.34. The van der Waals surface area contributed by atoms with Crippen LogP contribution in [-0.4, -0.2) is 30.1 Å². The predicted molar refractivity (Wildman–Crippen MR) is 78.7 cm³/mol. The van der Waals surface area contributed by atoms with Crippen LogP contribution >= 0.6 is 15.9 Å². The Hall–Kier alpha value is -0.380. The zero-order chi connectivity index (χ0) is 12.5. The lowest BCUT2D eigenvalue weighted by atomic mass is 10.1. The van der Waals surface area contributed by atoms with Crippen molar-refractivity contribution < 1.29 is 0 Å². The molecule has 0 aromatic heterocycles. The molecule has 98 valence electrons. The summed E-state index contributed by atoms with van der Waals surface area (Å²) >= 11 is 3.54. The average Bonchev–Trinajstić information content (AvgIpc) is 3.11. The van der Waals surface area contributed by atoms with Gasteiger partial charge in [0, 0.05) is 35.7 Å². The van der Waals surface area contributed by atoms with Crippen molar-refractivity contribution in [3.63, 3.8) is 0 Å². The molecular weight excluding hydrogens is 288 g/mol. The van der Waals surface area contributed by atoms with Gasteiger partial charge in [-0.05, 0) is 43.9 Å². The van der Waals surface area contributed by atoms with Crippen LogP contribution in [0.2, 0.25) is 0 Å². The SMILES string of the molecule is C[C@H](NC1CCN(C2CC2)C1)c1cccc(Br)c1. The molecule has 0 radical (unpaired) electrons. The standard InChI is InChI=1S/C15H21BrN2/c1-11(12-3-2-4-13(16)9-12)17-14-7-8-18(10-14)15-5-6-15/h2-4,9,11,14-15,17H,5-8,10H2,1H3/t11-,14?/m0/s1. The third-order valence-corrected chi connectivity index (χ3v) is 4.61. The summed E-state index contributed by atoms with van der Waals surface area (Å²) in [6.45, 7) is 4.79. The van der Waals surface area contributed by atoms with Crippen LogP contribution in [0.5, 0.6) is 0 Å². The summed E-state index contributed by atoms with van der Waals surface area (Å²) in [5.74, 6) is 0. The van der Waals surface area contributed by atoms with Crippen LogP contribution in [0.25, 0.3) is 0 Å². The molecule has 1 N–H and O–H groups in total. The minimum atomic E-state index is 0.437. The van der Waals surface area contributed by atoms with Crippen molar-refractivity contribution in [2.24, 2.45) is 0 Å². The maximum atomic E-state index is 3.77. The first-order valence-corrected chi connectivity index (χ1v) is 7.77. The van der Waals surface area contributed by atoms with Crippen molar-refractivity contribution in [3.8, 4) is 0 Å². The second kappa shape index (κ2) is 5.32. The number of likely N-dealkylation sites (tertiary alicyclic amines) is 1. The fraction of sp³-hybridized carbons (Fsp3) is 0.600. The maximum absolute atomic E-state index is 3.77. The summed E-state index contributed by atoms with van der Waals surface area (Å²) in [4.78, 5) is 2.66. The maximum Gasteiger partial charge on any atom is 0.0295 e. The van der Waals surface area contributed by atoms with E-state index in [2.05, 4.69) is 57.3 Å². The Kier molecular flexibility index (Phi) is 3.73. The molecule has 0 bridgehead atoms. The molecule has 1 heterocycles. The van der Waals surface area contributed by atoms with Gasteiger partial charge >= 0.3 is 0 Å². The Morgan fingerprint density at radius 1 is 1.33 bits per heavy atom. The zero-order valence-corrected chi connectivity index (χ0v) is 12.5. The Bertz CT molecular complexity index is 417. The minimum absolute atomic E-state index is 0.437. The molecule has 1 aromatic rings. The van der Waals surface area contributed by atoms with Crippen molar-refractivity contribution in [3.05, 3.63) is 34.3 Å². The van der Waals surface area contributed by atoms with Gasteiger partial charge in [0.1, 0.15) is 0 Å². The van der Waals surface area contributed by atoms with Gasteiger partial charge in [-0.25, -0.2) is 0 Å². The molecule has 3 heteroatoms. The van der Waals surface area contributed by atoms with E-state index >= 15 is 0 Å². The van der Waals surface area contributed by atoms with Crippen LogP contribution in [0.1, 0.15) is 37.8 Å². The van der Waals surface area contributed by atoms with E-state index in [1.165, 1.54) is 42.4 Å². The van der Waals surface area contributed by atoms with Crippen LogP contribution in [-0.2, 0) is 0 Å². The highest BCUT2D eigenvalue weighted by Crippen LogP contribution is 2.30. The van der Waals surface area contributed by atoms with Crippen LogP contribution in [0.3, 0.4) is 0 Å². The molecule has 3 rings (SSSR count). The Labute approximate surface area is 118 Å². The van der Waals surface area contributed by atoms with E-state index in [4.69, 9.17) is 0 Å². The monoisotopic (exact) mass is 308 g/mol. The average molecular weight is 309 g/mol. The number of hydrogen-bond donors (Lipinski definition) is 1. The van der Waals surface area contributed by atoms with Crippen molar-refractivity contribution >= 4 is 15.9 Å². The lowest BCUT2D eigenvalue weighted by molar-refractivity contribution is 0.313. The summed E-state index contributed by atoms with van der Waals surface area (Å²) < 4.78 is 1.17. The first kappa shape index (κ1) is 12.6. The largest absolute Gasteiger partial charge is 0.306 e. The smallest absolute Gasteiger partial charge is 0.0295 e. The third-order valence-electron chi connectivity index (χ3n) is 4.12. The highest BCUT2D eigenvalue weighted by Gasteiger charge is 2.34. The van der Waals surface area contributed by atoms with E-state index < -0.39 is 0 Å². The summed E-state index contributed by atoms with van der Waals surface area (Å²) in [6.07, 6.45) is 4.15. The van der Waals surface area contributed by atoms with Gasteiger partial charge in [0.05, 0.1) is 0 Å². The molecule has 0 spiro atoms. The Balaban J connectivity index is 1.56. The number of benzene rings is 1. The van der Waals surface area contributed by atoms with E-state index in [1.807, 2.05) is 0 Å². The molecule has 2 atom stereocenters. The number of nitrogens with one attached hydrogen (secondary N) is 1. The predicted octanol–water partition coefficient (Wildman–Crippen LogP) is 3.34. The first-order valence-electron chi connectivity index (χ1n) is 6.98. The minimum Gasteiger partial charge on any atom is -0.306 e. The van der Waals surface area contributed by atoms with Crippen molar-refractivity contribution in [1.29, 1.82) is 0 Å². The summed E-state index contributed by atoms with van der Waals surface area (Å²) in [5, 5.41) is 3.77. The molecule has 18 heavy (non-hydrogen) atoms. The molecule has 2 nitrogen and oxygen atoms in total. The molecule has 2 fully saturated rings. The molecule has 1 aliphatic carbocycles. The van der Waals surface area contributed by atoms with Crippen molar-refractivity contribution in [2.45, 2.75) is 44.3 Å². The zero-order valence-electron chi connectivity index (χ0n) is 10.9.